The zero-order valence-corrected chi connectivity index (χ0v) is 21.6. The van der Waals surface area contributed by atoms with Crippen molar-refractivity contribution in [3.63, 3.8) is 0 Å². The number of hydrazone groups is 1. The van der Waals surface area contributed by atoms with Crippen LogP contribution in [0.15, 0.2) is 82.7 Å². The third kappa shape index (κ3) is 4.26. The topological polar surface area (TPSA) is 70.5 Å². The summed E-state index contributed by atoms with van der Waals surface area (Å²) in [5, 5.41) is 10.5. The smallest absolute Gasteiger partial charge is 0.275 e. The van der Waals surface area contributed by atoms with E-state index >= 15 is 0 Å². The van der Waals surface area contributed by atoms with Crippen molar-refractivity contribution in [1.82, 2.24) is 9.78 Å². The van der Waals surface area contributed by atoms with Crippen molar-refractivity contribution in [3.8, 4) is 5.69 Å². The largest absolute Gasteiger partial charge is 0.295 e. The Balaban J connectivity index is 1.68. The number of benzene rings is 3. The summed E-state index contributed by atoms with van der Waals surface area (Å²) in [7, 11) is 0. The molecule has 1 amide bonds. The Morgan fingerprint density at radius 2 is 1.50 bits per heavy atom. The second-order valence-electron chi connectivity index (χ2n) is 8.62. The van der Waals surface area contributed by atoms with E-state index in [4.69, 9.17) is 34.8 Å². The molecule has 0 saturated carbocycles. The van der Waals surface area contributed by atoms with Gasteiger partial charge >= 0.3 is 0 Å². The number of H-pyrrole nitrogens is 1. The number of aryl methyl sites for hydroxylation is 1. The van der Waals surface area contributed by atoms with Gasteiger partial charge in [-0.25, -0.2) is 9.69 Å². The van der Waals surface area contributed by atoms with Gasteiger partial charge in [-0.15, -0.1) is 0 Å². The van der Waals surface area contributed by atoms with Gasteiger partial charge in [-0.2, -0.15) is 5.10 Å². The molecule has 0 fully saturated rings. The predicted molar refractivity (Wildman–Crippen MR) is 145 cm³/mol. The van der Waals surface area contributed by atoms with E-state index in [1.165, 1.54) is 9.69 Å². The van der Waals surface area contributed by atoms with Crippen LogP contribution in [0.4, 0.5) is 5.69 Å². The minimum absolute atomic E-state index is 0.269. The predicted octanol–water partition coefficient (Wildman–Crippen LogP) is 6.61. The molecule has 1 aromatic heterocycles. The lowest BCUT2D eigenvalue weighted by molar-refractivity contribution is -0.120. The number of nitrogens with zero attached hydrogens (tertiary/aromatic N) is 3. The Labute approximate surface area is 222 Å². The van der Waals surface area contributed by atoms with E-state index < -0.39 is 11.8 Å². The highest BCUT2D eigenvalue weighted by molar-refractivity contribution is 6.32. The number of anilines is 1. The molecule has 0 radical (unpaired) electrons. The maximum absolute atomic E-state index is 13.9. The Kier molecular flexibility index (Phi) is 6.51. The summed E-state index contributed by atoms with van der Waals surface area (Å²) in [6.45, 7) is 3.59. The fraction of sp³-hybridized carbons (Fsp3) is 0.148. The average Bonchev–Trinajstić information content (AvgIpc) is 3.31. The normalized spacial score (nSPS) is 16.4. The number of hydrogen-bond donors (Lipinski definition) is 1. The van der Waals surface area contributed by atoms with Gasteiger partial charge in [-0.1, -0.05) is 65.1 Å². The minimum atomic E-state index is -0.751. The first-order valence-electron chi connectivity index (χ1n) is 11.2. The van der Waals surface area contributed by atoms with Crippen LogP contribution >= 0.6 is 34.8 Å². The second kappa shape index (κ2) is 9.62. The quantitative estimate of drug-likeness (QED) is 0.310. The number of aromatic amines is 1. The summed E-state index contributed by atoms with van der Waals surface area (Å²) in [4.78, 5) is 27.7. The minimum Gasteiger partial charge on any atom is -0.295 e. The summed E-state index contributed by atoms with van der Waals surface area (Å²) in [6.07, 6.45) is 0. The molecule has 2 heterocycles. The second-order valence-corrected chi connectivity index (χ2v) is 9.90. The molecule has 5 rings (SSSR count). The van der Waals surface area contributed by atoms with Gasteiger partial charge in [0, 0.05) is 38.0 Å². The van der Waals surface area contributed by atoms with Crippen molar-refractivity contribution in [3.05, 3.63) is 115 Å². The van der Waals surface area contributed by atoms with Gasteiger partial charge in [0.15, 0.2) is 0 Å². The average molecular weight is 540 g/mol. The van der Waals surface area contributed by atoms with Gasteiger partial charge in [0.2, 0.25) is 0 Å². The van der Waals surface area contributed by atoms with E-state index in [0.29, 0.717) is 49.0 Å². The number of carbonyl (C=O) groups is 1. The molecule has 1 N–H and O–H groups in total. The fourth-order valence-corrected chi connectivity index (χ4v) is 5.33. The molecule has 1 aliphatic heterocycles. The molecule has 2 unspecified atom stereocenters. The molecule has 3 aromatic carbocycles. The highest BCUT2D eigenvalue weighted by Gasteiger charge is 2.44. The van der Waals surface area contributed by atoms with Crippen LogP contribution in [0.3, 0.4) is 0 Å². The van der Waals surface area contributed by atoms with E-state index in [9.17, 15) is 9.59 Å². The third-order valence-corrected chi connectivity index (χ3v) is 7.12. The van der Waals surface area contributed by atoms with Crippen LogP contribution in [0, 0.1) is 12.8 Å². The number of amides is 1. The monoisotopic (exact) mass is 538 g/mol. The molecule has 2 atom stereocenters. The molecule has 36 heavy (non-hydrogen) atoms. The van der Waals surface area contributed by atoms with E-state index in [2.05, 4.69) is 10.2 Å². The van der Waals surface area contributed by atoms with E-state index in [1.54, 1.807) is 61.5 Å². The lowest BCUT2D eigenvalue weighted by Crippen LogP contribution is -2.34. The molecule has 0 saturated heterocycles. The third-order valence-electron chi connectivity index (χ3n) is 6.30. The number of hydrogen-bond acceptors (Lipinski definition) is 3. The van der Waals surface area contributed by atoms with Crippen LogP contribution in [-0.2, 0) is 4.79 Å². The maximum Gasteiger partial charge on any atom is 0.275 e. The molecule has 0 aliphatic carbocycles. The molecule has 0 spiro atoms. The van der Waals surface area contributed by atoms with Crippen LogP contribution in [0.25, 0.3) is 5.69 Å². The number of nitrogens with one attached hydrogen (secondary N) is 1. The van der Waals surface area contributed by atoms with Crippen molar-refractivity contribution in [1.29, 1.82) is 0 Å². The summed E-state index contributed by atoms with van der Waals surface area (Å²) >= 11 is 19.0. The first kappa shape index (κ1) is 24.4. The number of aromatic nitrogens is 2. The maximum atomic E-state index is 13.9. The van der Waals surface area contributed by atoms with E-state index in [1.807, 2.05) is 25.1 Å². The van der Waals surface area contributed by atoms with Crippen LogP contribution < -0.4 is 10.6 Å². The molecule has 182 valence electrons. The molecular weight excluding hydrogens is 519 g/mol. The summed E-state index contributed by atoms with van der Waals surface area (Å²) in [5.41, 5.74) is 3.13. The van der Waals surface area contributed by atoms with Gasteiger partial charge in [0.05, 0.1) is 17.3 Å². The van der Waals surface area contributed by atoms with Gasteiger partial charge < -0.3 is 0 Å². The Morgan fingerprint density at radius 3 is 2.17 bits per heavy atom. The highest BCUT2D eigenvalue weighted by atomic mass is 35.5. The van der Waals surface area contributed by atoms with Crippen molar-refractivity contribution in [2.45, 2.75) is 19.8 Å². The van der Waals surface area contributed by atoms with Gasteiger partial charge in [0.25, 0.3) is 11.5 Å². The van der Waals surface area contributed by atoms with Crippen LogP contribution in [0.1, 0.15) is 29.7 Å². The van der Waals surface area contributed by atoms with E-state index in [0.717, 1.165) is 0 Å². The first-order chi connectivity index (χ1) is 17.3. The van der Waals surface area contributed by atoms with Crippen molar-refractivity contribution < 1.29 is 4.79 Å². The summed E-state index contributed by atoms with van der Waals surface area (Å²) in [6, 6.07) is 21.2. The molecule has 0 bridgehead atoms. The number of rotatable bonds is 5. The van der Waals surface area contributed by atoms with Gasteiger partial charge in [-0.3, -0.25) is 14.7 Å². The number of halogens is 3. The summed E-state index contributed by atoms with van der Waals surface area (Å²) < 4.78 is 1.43. The zero-order valence-electron chi connectivity index (χ0n) is 19.4. The molecule has 4 aromatic rings. The highest BCUT2D eigenvalue weighted by Crippen LogP contribution is 2.41. The van der Waals surface area contributed by atoms with Crippen molar-refractivity contribution in [2.75, 3.05) is 5.01 Å². The zero-order chi connectivity index (χ0) is 25.6. The number of carbonyl (C=O) groups excluding carboxylic acids is 1. The van der Waals surface area contributed by atoms with Crippen LogP contribution in [-0.4, -0.2) is 21.4 Å². The molecular formula is C27H21Cl3N4O2. The lowest BCUT2D eigenvalue weighted by atomic mass is 9.78. The Hall–Kier alpha value is -3.32. The SMILES string of the molecule is CC1=NN(c2cccc(Cl)c2)C(=O)C1C(c1ccccc1Cl)c1c(C)[nH]n(-c2cccc(Cl)c2)c1=O. The molecule has 9 heteroatoms. The standard InChI is InChI=1S/C27H21Cl3N4O2/c1-15-23(26(35)33(31-15)19-9-5-7-17(28)13-19)25(21-11-3-4-12-22(21)30)24-16(2)32-34(27(24)36)20-10-6-8-18(29)14-20/h3-14,23,25,32H,1-2H3. The molecule has 6 nitrogen and oxygen atoms in total. The van der Waals surface area contributed by atoms with E-state index in [-0.39, 0.29) is 11.5 Å². The molecule has 1 aliphatic rings. The Morgan fingerprint density at radius 1 is 0.861 bits per heavy atom. The first-order valence-corrected chi connectivity index (χ1v) is 12.4. The van der Waals surface area contributed by atoms with Crippen LogP contribution in [0.5, 0.6) is 0 Å². The van der Waals surface area contributed by atoms with Gasteiger partial charge in [-0.05, 0) is 61.9 Å². The lowest BCUT2D eigenvalue weighted by Gasteiger charge is -2.24. The van der Waals surface area contributed by atoms with Gasteiger partial charge in [0.1, 0.15) is 0 Å². The Bertz CT molecular complexity index is 1570. The van der Waals surface area contributed by atoms with Crippen molar-refractivity contribution >= 4 is 52.1 Å². The fourth-order valence-electron chi connectivity index (χ4n) is 4.71. The van der Waals surface area contributed by atoms with Crippen molar-refractivity contribution in [2.24, 2.45) is 11.0 Å². The summed E-state index contributed by atoms with van der Waals surface area (Å²) in [5.74, 6) is -1.70. The van der Waals surface area contributed by atoms with Crippen LogP contribution in [0.2, 0.25) is 15.1 Å².